The molecule has 0 bridgehead atoms. The van der Waals surface area contributed by atoms with Gasteiger partial charge in [-0.15, -0.1) is 31.3 Å². The molecule has 0 atom stereocenters. The Hall–Kier alpha value is -1.65. The van der Waals surface area contributed by atoms with E-state index in [0.717, 1.165) is 0 Å². The molecule has 11 heavy (non-hydrogen) atoms. The molecular weight excluding hydrogens is 134 g/mol. The van der Waals surface area contributed by atoms with Gasteiger partial charge in [0.25, 0.3) is 0 Å². The number of hydrogen-bond donors (Lipinski definition) is 0. The van der Waals surface area contributed by atoms with Crippen LogP contribution < -0.4 is 0 Å². The monoisotopic (exact) mass is 143 g/mol. The lowest BCUT2D eigenvalue weighted by molar-refractivity contribution is 0.542. The van der Waals surface area contributed by atoms with Gasteiger partial charge in [0.05, 0.1) is 11.5 Å². The highest BCUT2D eigenvalue weighted by Gasteiger charge is 2.23. The van der Waals surface area contributed by atoms with Gasteiger partial charge in [-0.2, -0.15) is 5.26 Å². The first-order valence-electron chi connectivity index (χ1n) is 3.16. The Morgan fingerprint density at radius 1 is 1.36 bits per heavy atom. The molecule has 54 valence electrons. The first kappa shape index (κ1) is 9.35. The molecule has 0 saturated carbocycles. The van der Waals surface area contributed by atoms with E-state index in [2.05, 4.69) is 24.5 Å². The van der Waals surface area contributed by atoms with E-state index >= 15 is 0 Å². The van der Waals surface area contributed by atoms with Crippen LogP contribution in [0.3, 0.4) is 0 Å². The standard InChI is InChI=1S/C10H9N/c1-4-7-10(6-3,9-11)8-5-2/h1-2,6H,3,7-8H2. The Kier molecular flexibility index (Phi) is 3.58. The SMILES string of the molecule is C#CCC(C#N)(C=C)CC#C. The van der Waals surface area contributed by atoms with Gasteiger partial charge in [0.1, 0.15) is 0 Å². The van der Waals surface area contributed by atoms with Gasteiger partial charge in [0.15, 0.2) is 0 Å². The minimum absolute atomic E-state index is 0.331. The van der Waals surface area contributed by atoms with Crippen molar-refractivity contribution in [1.82, 2.24) is 0 Å². The zero-order valence-corrected chi connectivity index (χ0v) is 6.30. The van der Waals surface area contributed by atoms with Crippen LogP contribution in [0.25, 0.3) is 0 Å². The van der Waals surface area contributed by atoms with Crippen molar-refractivity contribution >= 4 is 0 Å². The highest BCUT2D eigenvalue weighted by molar-refractivity contribution is 5.18. The lowest BCUT2D eigenvalue weighted by atomic mass is 9.83. The smallest absolute Gasteiger partial charge is 0.0968 e. The molecule has 0 aromatic rings. The number of nitrogens with zero attached hydrogens (tertiary/aromatic N) is 1. The molecule has 0 unspecified atom stereocenters. The van der Waals surface area contributed by atoms with E-state index in [0.29, 0.717) is 12.8 Å². The summed E-state index contributed by atoms with van der Waals surface area (Å²) in [6.07, 6.45) is 12.3. The largest absolute Gasteiger partial charge is 0.197 e. The maximum Gasteiger partial charge on any atom is 0.0968 e. The van der Waals surface area contributed by atoms with Crippen LogP contribution in [0.5, 0.6) is 0 Å². The van der Waals surface area contributed by atoms with Gasteiger partial charge in [-0.1, -0.05) is 6.08 Å². The van der Waals surface area contributed by atoms with Crippen molar-refractivity contribution in [2.24, 2.45) is 5.41 Å². The molecule has 0 aromatic carbocycles. The molecule has 0 aromatic heterocycles. The first-order chi connectivity index (χ1) is 5.24. The summed E-state index contributed by atoms with van der Waals surface area (Å²) in [4.78, 5) is 0. The number of rotatable bonds is 3. The Balaban J connectivity index is 4.55. The van der Waals surface area contributed by atoms with E-state index in [1.54, 1.807) is 0 Å². The van der Waals surface area contributed by atoms with E-state index < -0.39 is 5.41 Å². The molecule has 0 N–H and O–H groups in total. The average Bonchev–Trinajstić information content (AvgIpc) is 2.04. The molecular formula is C10H9N. The molecule has 0 aliphatic heterocycles. The predicted molar refractivity (Wildman–Crippen MR) is 45.1 cm³/mol. The number of terminal acetylenes is 2. The normalized spacial score (nSPS) is 8.82. The molecule has 0 fully saturated rings. The van der Waals surface area contributed by atoms with Crippen LogP contribution in [0.2, 0.25) is 0 Å². The summed E-state index contributed by atoms with van der Waals surface area (Å²) in [5, 5.41) is 8.73. The Morgan fingerprint density at radius 2 is 1.82 bits per heavy atom. The average molecular weight is 143 g/mol. The van der Waals surface area contributed by atoms with E-state index in [4.69, 9.17) is 18.1 Å². The zero-order chi connectivity index (χ0) is 8.74. The number of hydrogen-bond acceptors (Lipinski definition) is 1. The van der Waals surface area contributed by atoms with Crippen molar-refractivity contribution in [3.05, 3.63) is 12.7 Å². The molecule has 1 nitrogen and oxygen atoms in total. The first-order valence-corrected chi connectivity index (χ1v) is 3.16. The summed E-state index contributed by atoms with van der Waals surface area (Å²) < 4.78 is 0. The second-order valence-electron chi connectivity index (χ2n) is 2.23. The minimum atomic E-state index is -0.719. The minimum Gasteiger partial charge on any atom is -0.197 e. The second kappa shape index (κ2) is 4.21. The quantitative estimate of drug-likeness (QED) is 0.436. The summed E-state index contributed by atoms with van der Waals surface area (Å²) in [5.74, 6) is 4.81. The van der Waals surface area contributed by atoms with Crippen molar-refractivity contribution in [1.29, 1.82) is 5.26 Å². The van der Waals surface area contributed by atoms with Crippen molar-refractivity contribution in [2.45, 2.75) is 12.8 Å². The molecule has 0 aliphatic carbocycles. The van der Waals surface area contributed by atoms with E-state index in [-0.39, 0.29) is 0 Å². The third-order valence-electron chi connectivity index (χ3n) is 1.45. The van der Waals surface area contributed by atoms with E-state index in [1.807, 2.05) is 0 Å². The van der Waals surface area contributed by atoms with Crippen molar-refractivity contribution in [2.75, 3.05) is 0 Å². The predicted octanol–water partition coefficient (Wildman–Crippen LogP) is 1.73. The van der Waals surface area contributed by atoms with Gasteiger partial charge in [-0.25, -0.2) is 0 Å². The van der Waals surface area contributed by atoms with Crippen LogP contribution in [0, 0.1) is 41.4 Å². The molecule has 0 rings (SSSR count). The molecule has 0 aliphatic rings. The zero-order valence-electron chi connectivity index (χ0n) is 6.30. The molecule has 0 heterocycles. The van der Waals surface area contributed by atoms with Gasteiger partial charge in [-0.05, 0) is 0 Å². The summed E-state index contributed by atoms with van der Waals surface area (Å²) in [6.45, 7) is 3.53. The fraction of sp³-hybridized carbons (Fsp3) is 0.300. The molecule has 0 saturated heterocycles. The summed E-state index contributed by atoms with van der Waals surface area (Å²) in [6, 6.07) is 2.06. The van der Waals surface area contributed by atoms with E-state index in [9.17, 15) is 0 Å². The second-order valence-corrected chi connectivity index (χ2v) is 2.23. The summed E-state index contributed by atoms with van der Waals surface area (Å²) in [7, 11) is 0. The van der Waals surface area contributed by atoms with Crippen molar-refractivity contribution in [3.8, 4) is 30.8 Å². The molecule has 0 radical (unpaired) electrons. The van der Waals surface area contributed by atoms with Crippen LogP contribution in [0.1, 0.15) is 12.8 Å². The number of allylic oxidation sites excluding steroid dienone is 1. The van der Waals surface area contributed by atoms with Crippen LogP contribution >= 0.6 is 0 Å². The number of nitriles is 1. The van der Waals surface area contributed by atoms with Gasteiger partial charge in [0.2, 0.25) is 0 Å². The molecule has 0 amide bonds. The van der Waals surface area contributed by atoms with E-state index in [1.165, 1.54) is 6.08 Å². The Bertz CT molecular complexity index is 238. The highest BCUT2D eigenvalue weighted by atomic mass is 14.3. The van der Waals surface area contributed by atoms with Gasteiger partial charge < -0.3 is 0 Å². The Morgan fingerprint density at radius 3 is 2.00 bits per heavy atom. The van der Waals surface area contributed by atoms with Crippen molar-refractivity contribution in [3.63, 3.8) is 0 Å². The Labute approximate surface area is 67.7 Å². The maximum atomic E-state index is 8.73. The van der Waals surface area contributed by atoms with Crippen LogP contribution in [-0.2, 0) is 0 Å². The molecule has 1 heteroatoms. The lowest BCUT2D eigenvalue weighted by Gasteiger charge is -2.15. The van der Waals surface area contributed by atoms with Gasteiger partial charge in [0, 0.05) is 12.8 Å². The van der Waals surface area contributed by atoms with Crippen LogP contribution in [-0.4, -0.2) is 0 Å². The fourth-order valence-electron chi connectivity index (χ4n) is 0.696. The topological polar surface area (TPSA) is 23.8 Å². The third kappa shape index (κ3) is 2.21. The highest BCUT2D eigenvalue weighted by Crippen LogP contribution is 2.25. The third-order valence-corrected chi connectivity index (χ3v) is 1.45. The van der Waals surface area contributed by atoms with Crippen LogP contribution in [0.15, 0.2) is 12.7 Å². The van der Waals surface area contributed by atoms with Gasteiger partial charge >= 0.3 is 0 Å². The summed E-state index contributed by atoms with van der Waals surface area (Å²) in [5.41, 5.74) is -0.719. The lowest BCUT2D eigenvalue weighted by Crippen LogP contribution is -2.12. The maximum absolute atomic E-state index is 8.73. The fourth-order valence-corrected chi connectivity index (χ4v) is 0.696. The van der Waals surface area contributed by atoms with Crippen LogP contribution in [0.4, 0.5) is 0 Å². The van der Waals surface area contributed by atoms with Crippen molar-refractivity contribution < 1.29 is 0 Å². The molecule has 0 spiro atoms. The summed E-state index contributed by atoms with van der Waals surface area (Å²) >= 11 is 0. The van der Waals surface area contributed by atoms with Gasteiger partial charge in [-0.3, -0.25) is 0 Å².